The van der Waals surface area contributed by atoms with Gasteiger partial charge in [0.15, 0.2) is 6.29 Å². The number of carbonyl (C=O) groups is 2. The Morgan fingerprint density at radius 3 is 2.70 bits per heavy atom. The lowest BCUT2D eigenvalue weighted by Crippen LogP contribution is -2.62. The molecule has 8 nitrogen and oxygen atoms in total. The standard InChI is InChI=1S/C19H31NO7/c1-11-5-4-10-19(3)25-18-16(26-27-19)13(7-6-11)12(2)17(24-18)20-14(21)8-9-15(22)23/h11-13,16-18H,4-10H2,1-3H3,(H,20,21)(H,22,23). The first-order chi connectivity index (χ1) is 12.8. The maximum atomic E-state index is 12.1. The largest absolute Gasteiger partial charge is 0.481 e. The Labute approximate surface area is 159 Å². The topological polar surface area (TPSA) is 103 Å². The van der Waals surface area contributed by atoms with Gasteiger partial charge in [0, 0.05) is 24.7 Å². The van der Waals surface area contributed by atoms with Crippen molar-refractivity contribution in [3.63, 3.8) is 0 Å². The molecule has 4 bridgehead atoms. The molecule has 0 saturated carbocycles. The van der Waals surface area contributed by atoms with Gasteiger partial charge in [-0.1, -0.05) is 26.7 Å². The molecule has 4 aliphatic heterocycles. The van der Waals surface area contributed by atoms with Gasteiger partial charge < -0.3 is 19.9 Å². The van der Waals surface area contributed by atoms with Crippen molar-refractivity contribution in [2.75, 3.05) is 0 Å². The van der Waals surface area contributed by atoms with Crippen LogP contribution >= 0.6 is 0 Å². The van der Waals surface area contributed by atoms with Gasteiger partial charge >= 0.3 is 5.97 Å². The number of fused-ring (bicyclic) bond motifs is 6. The smallest absolute Gasteiger partial charge is 0.303 e. The Balaban J connectivity index is 1.74. The molecule has 7 unspecified atom stereocenters. The van der Waals surface area contributed by atoms with Crippen LogP contribution in [-0.2, 0) is 28.8 Å². The van der Waals surface area contributed by atoms with Gasteiger partial charge in [-0.05, 0) is 25.7 Å². The lowest BCUT2D eigenvalue weighted by atomic mass is 9.79. The molecule has 154 valence electrons. The van der Waals surface area contributed by atoms with Gasteiger partial charge in [-0.2, -0.15) is 0 Å². The van der Waals surface area contributed by atoms with E-state index in [4.69, 9.17) is 24.4 Å². The van der Waals surface area contributed by atoms with E-state index in [0.717, 1.165) is 25.7 Å². The van der Waals surface area contributed by atoms with Crippen molar-refractivity contribution in [3.8, 4) is 0 Å². The normalized spacial score (nSPS) is 42.2. The van der Waals surface area contributed by atoms with Gasteiger partial charge in [0.05, 0.1) is 6.42 Å². The van der Waals surface area contributed by atoms with Crippen molar-refractivity contribution < 1.29 is 33.9 Å². The van der Waals surface area contributed by atoms with Crippen molar-refractivity contribution in [1.82, 2.24) is 5.32 Å². The Morgan fingerprint density at radius 1 is 1.19 bits per heavy atom. The summed E-state index contributed by atoms with van der Waals surface area (Å²) in [7, 11) is 0. The third kappa shape index (κ3) is 4.99. The highest BCUT2D eigenvalue weighted by Crippen LogP contribution is 2.43. The van der Waals surface area contributed by atoms with Crippen LogP contribution in [0.5, 0.6) is 0 Å². The van der Waals surface area contributed by atoms with E-state index in [-0.39, 0.29) is 36.7 Å². The highest BCUT2D eigenvalue weighted by atomic mass is 17.3. The van der Waals surface area contributed by atoms with Crippen LogP contribution < -0.4 is 5.32 Å². The van der Waals surface area contributed by atoms with Crippen LogP contribution in [0, 0.1) is 17.8 Å². The summed E-state index contributed by atoms with van der Waals surface area (Å²) in [6.07, 6.45) is 3.01. The zero-order chi connectivity index (χ0) is 19.6. The molecule has 27 heavy (non-hydrogen) atoms. The Morgan fingerprint density at radius 2 is 1.96 bits per heavy atom. The third-order valence-electron chi connectivity index (χ3n) is 6.01. The van der Waals surface area contributed by atoms with Crippen LogP contribution in [-0.4, -0.2) is 41.4 Å². The third-order valence-corrected chi connectivity index (χ3v) is 6.01. The predicted octanol–water partition coefficient (Wildman–Crippen LogP) is 2.57. The lowest BCUT2D eigenvalue weighted by Gasteiger charge is -2.50. The molecule has 4 rings (SSSR count). The average Bonchev–Trinajstić information content (AvgIpc) is 2.63. The maximum Gasteiger partial charge on any atom is 0.303 e. The molecule has 0 radical (unpaired) electrons. The quantitative estimate of drug-likeness (QED) is 0.717. The molecule has 0 spiro atoms. The number of carbonyl (C=O) groups excluding carboxylic acids is 1. The highest BCUT2D eigenvalue weighted by molar-refractivity contribution is 5.80. The monoisotopic (exact) mass is 385 g/mol. The van der Waals surface area contributed by atoms with Crippen molar-refractivity contribution in [1.29, 1.82) is 0 Å². The van der Waals surface area contributed by atoms with E-state index in [1.807, 2.05) is 13.8 Å². The fourth-order valence-electron chi connectivity index (χ4n) is 4.24. The number of aliphatic carboxylic acids is 1. The summed E-state index contributed by atoms with van der Waals surface area (Å²) in [5, 5.41) is 11.6. The van der Waals surface area contributed by atoms with Crippen LogP contribution in [0.2, 0.25) is 0 Å². The molecule has 4 saturated heterocycles. The number of carboxylic acids is 1. The summed E-state index contributed by atoms with van der Waals surface area (Å²) in [5.41, 5.74) is 0. The molecular weight excluding hydrogens is 354 g/mol. The summed E-state index contributed by atoms with van der Waals surface area (Å²) in [4.78, 5) is 34.2. The van der Waals surface area contributed by atoms with Gasteiger partial charge in [0.2, 0.25) is 11.7 Å². The molecule has 0 aromatic rings. The second-order valence-corrected chi connectivity index (χ2v) is 8.38. The first-order valence-corrected chi connectivity index (χ1v) is 9.96. The van der Waals surface area contributed by atoms with Crippen LogP contribution in [0.3, 0.4) is 0 Å². The van der Waals surface area contributed by atoms with Gasteiger partial charge in [-0.15, -0.1) is 0 Å². The Bertz CT molecular complexity index is 556. The van der Waals surface area contributed by atoms with Crippen LogP contribution in [0.1, 0.15) is 65.7 Å². The molecule has 2 N–H and O–H groups in total. The van der Waals surface area contributed by atoms with E-state index in [1.165, 1.54) is 0 Å². The fourth-order valence-corrected chi connectivity index (χ4v) is 4.24. The van der Waals surface area contributed by atoms with Gasteiger partial charge in [0.25, 0.3) is 0 Å². The van der Waals surface area contributed by atoms with Gasteiger partial charge in [-0.25, -0.2) is 9.78 Å². The van der Waals surface area contributed by atoms with E-state index in [0.29, 0.717) is 12.3 Å². The minimum absolute atomic E-state index is 0.00969. The summed E-state index contributed by atoms with van der Waals surface area (Å²) in [6.45, 7) is 6.13. The molecule has 1 amide bonds. The molecule has 4 heterocycles. The van der Waals surface area contributed by atoms with E-state index >= 15 is 0 Å². The molecule has 4 fully saturated rings. The zero-order valence-electron chi connectivity index (χ0n) is 16.3. The minimum atomic E-state index is -0.995. The summed E-state index contributed by atoms with van der Waals surface area (Å²) < 4.78 is 12.2. The summed E-state index contributed by atoms with van der Waals surface area (Å²) >= 11 is 0. The van der Waals surface area contributed by atoms with Crippen molar-refractivity contribution in [3.05, 3.63) is 0 Å². The van der Waals surface area contributed by atoms with E-state index in [1.54, 1.807) is 0 Å². The van der Waals surface area contributed by atoms with Crippen LogP contribution in [0.25, 0.3) is 0 Å². The van der Waals surface area contributed by atoms with E-state index < -0.39 is 24.3 Å². The van der Waals surface area contributed by atoms with Gasteiger partial charge in [0.1, 0.15) is 12.3 Å². The van der Waals surface area contributed by atoms with Crippen LogP contribution in [0.15, 0.2) is 0 Å². The summed E-state index contributed by atoms with van der Waals surface area (Å²) in [6, 6.07) is 0. The predicted molar refractivity (Wildman–Crippen MR) is 94.0 cm³/mol. The summed E-state index contributed by atoms with van der Waals surface area (Å²) in [5.74, 6) is -1.50. The SMILES string of the molecule is CC1CCCC2(C)OOC3C(OC(NC(=O)CCC(=O)O)C(C)C3CC1)O2. The average molecular weight is 385 g/mol. The van der Waals surface area contributed by atoms with Crippen molar-refractivity contribution >= 4 is 11.9 Å². The molecule has 0 aliphatic carbocycles. The number of carboxylic acid groups (broad SMARTS) is 1. The first kappa shape index (κ1) is 20.5. The molecular formula is C19H31NO7. The number of ether oxygens (including phenoxy) is 2. The number of rotatable bonds is 4. The first-order valence-electron chi connectivity index (χ1n) is 9.96. The molecule has 8 heteroatoms. The number of hydrogen-bond donors (Lipinski definition) is 2. The van der Waals surface area contributed by atoms with E-state index in [9.17, 15) is 9.59 Å². The van der Waals surface area contributed by atoms with Gasteiger partial charge in [-0.3, -0.25) is 9.59 Å². The Kier molecular flexibility index (Phi) is 6.40. The fraction of sp³-hybridized carbons (Fsp3) is 0.895. The Hall–Kier alpha value is -1.22. The highest BCUT2D eigenvalue weighted by Gasteiger charge is 2.52. The van der Waals surface area contributed by atoms with Crippen LogP contribution in [0.4, 0.5) is 0 Å². The number of amides is 1. The minimum Gasteiger partial charge on any atom is -0.481 e. The molecule has 0 aromatic heterocycles. The van der Waals surface area contributed by atoms with Crippen molar-refractivity contribution in [2.24, 2.45) is 17.8 Å². The number of nitrogens with one attached hydrogen (secondary N) is 1. The molecule has 4 aliphatic rings. The van der Waals surface area contributed by atoms with Crippen molar-refractivity contribution in [2.45, 2.75) is 90.1 Å². The maximum absolute atomic E-state index is 12.1. The second kappa shape index (κ2) is 8.43. The molecule has 7 atom stereocenters. The lowest BCUT2D eigenvalue weighted by molar-refractivity contribution is -0.541. The second-order valence-electron chi connectivity index (χ2n) is 8.38. The molecule has 0 aromatic carbocycles. The van der Waals surface area contributed by atoms with E-state index in [2.05, 4.69) is 12.2 Å². The zero-order valence-corrected chi connectivity index (χ0v) is 16.3. The number of hydrogen-bond acceptors (Lipinski definition) is 6.